The van der Waals surface area contributed by atoms with Gasteiger partial charge in [-0.25, -0.2) is 4.99 Å². The highest BCUT2D eigenvalue weighted by molar-refractivity contribution is 8.18. The van der Waals surface area contributed by atoms with Gasteiger partial charge in [0.1, 0.15) is 0 Å². The van der Waals surface area contributed by atoms with Gasteiger partial charge in [0, 0.05) is 7.05 Å². The van der Waals surface area contributed by atoms with Crippen LogP contribution in [0.2, 0.25) is 0 Å². The van der Waals surface area contributed by atoms with E-state index < -0.39 is 0 Å². The fraction of sp³-hybridized carbons (Fsp3) is 0.130. The van der Waals surface area contributed by atoms with Gasteiger partial charge in [-0.15, -0.1) is 0 Å². The molecule has 1 saturated heterocycles. The van der Waals surface area contributed by atoms with E-state index in [1.807, 2.05) is 48.5 Å². The number of carbonyl (C=O) groups excluding carboxylic acids is 1. The van der Waals surface area contributed by atoms with E-state index in [-0.39, 0.29) is 5.91 Å². The van der Waals surface area contributed by atoms with Gasteiger partial charge in [-0.3, -0.25) is 9.69 Å². The fourth-order valence-electron chi connectivity index (χ4n) is 3.19. The lowest BCUT2D eigenvalue weighted by atomic mass is 10.0. The van der Waals surface area contributed by atoms with Crippen molar-refractivity contribution in [2.24, 2.45) is 4.99 Å². The Morgan fingerprint density at radius 2 is 1.74 bits per heavy atom. The minimum atomic E-state index is -0.0133. The molecule has 0 radical (unpaired) electrons. The standard InChI is InChI=1S/C23H20N2OS/c1-3-16-9-5-7-14-20(16)24-23-25(2)22(26)21(27-23)15-18-12-8-11-17-10-4-6-13-19(17)18/h4-15H,3H2,1-2H3/b21-15+,24-23?. The van der Waals surface area contributed by atoms with Crippen molar-refractivity contribution < 1.29 is 4.79 Å². The van der Waals surface area contributed by atoms with E-state index in [9.17, 15) is 4.79 Å². The second kappa shape index (κ2) is 7.41. The predicted octanol–water partition coefficient (Wildman–Crippen LogP) is 5.64. The molecule has 0 aromatic heterocycles. The number of benzene rings is 3. The number of fused-ring (bicyclic) bond motifs is 1. The van der Waals surface area contributed by atoms with Crippen molar-refractivity contribution in [3.8, 4) is 0 Å². The molecule has 3 aromatic carbocycles. The van der Waals surface area contributed by atoms with Crippen LogP contribution < -0.4 is 0 Å². The average Bonchev–Trinajstić information content (AvgIpc) is 2.96. The molecule has 0 spiro atoms. The average molecular weight is 372 g/mol. The Hall–Kier alpha value is -2.85. The maximum absolute atomic E-state index is 12.8. The van der Waals surface area contributed by atoms with Crippen LogP contribution >= 0.6 is 11.8 Å². The zero-order chi connectivity index (χ0) is 18.8. The van der Waals surface area contributed by atoms with E-state index in [0.29, 0.717) is 10.1 Å². The van der Waals surface area contributed by atoms with Crippen molar-refractivity contribution in [2.45, 2.75) is 13.3 Å². The largest absolute Gasteiger partial charge is 0.290 e. The van der Waals surface area contributed by atoms with Crippen molar-refractivity contribution in [3.63, 3.8) is 0 Å². The molecule has 1 aliphatic rings. The highest BCUT2D eigenvalue weighted by atomic mass is 32.2. The Labute approximate surface area is 163 Å². The third kappa shape index (κ3) is 3.40. The zero-order valence-electron chi connectivity index (χ0n) is 15.3. The lowest BCUT2D eigenvalue weighted by Gasteiger charge is -2.08. The van der Waals surface area contributed by atoms with E-state index in [0.717, 1.165) is 23.1 Å². The van der Waals surface area contributed by atoms with Gasteiger partial charge in [-0.2, -0.15) is 0 Å². The van der Waals surface area contributed by atoms with E-state index in [1.165, 1.54) is 22.7 Å². The first kappa shape index (κ1) is 17.6. The Balaban J connectivity index is 1.72. The molecule has 0 aliphatic carbocycles. The molecule has 4 heteroatoms. The molecule has 1 amide bonds. The summed E-state index contributed by atoms with van der Waals surface area (Å²) in [4.78, 5) is 19.8. The fourth-order valence-corrected chi connectivity index (χ4v) is 4.16. The minimum absolute atomic E-state index is 0.0133. The van der Waals surface area contributed by atoms with Gasteiger partial charge in [0.05, 0.1) is 10.6 Å². The van der Waals surface area contributed by atoms with Crippen molar-refractivity contribution in [3.05, 3.63) is 82.8 Å². The van der Waals surface area contributed by atoms with Crippen LogP contribution in [-0.4, -0.2) is 23.0 Å². The Morgan fingerprint density at radius 3 is 2.59 bits per heavy atom. The van der Waals surface area contributed by atoms with Crippen LogP contribution in [0.25, 0.3) is 16.8 Å². The second-order valence-electron chi connectivity index (χ2n) is 6.42. The number of amides is 1. The van der Waals surface area contributed by atoms with E-state index >= 15 is 0 Å². The number of amidine groups is 1. The molecule has 3 nitrogen and oxygen atoms in total. The van der Waals surface area contributed by atoms with Crippen molar-refractivity contribution in [1.29, 1.82) is 0 Å². The molecule has 1 fully saturated rings. The molecule has 0 saturated carbocycles. The van der Waals surface area contributed by atoms with Crippen LogP contribution in [0.1, 0.15) is 18.1 Å². The van der Waals surface area contributed by atoms with Gasteiger partial charge in [0.2, 0.25) is 0 Å². The molecule has 1 heterocycles. The molecular formula is C23H20N2OS. The summed E-state index contributed by atoms with van der Waals surface area (Å²) in [6.07, 6.45) is 2.88. The Bertz CT molecular complexity index is 1080. The van der Waals surface area contributed by atoms with Gasteiger partial charge >= 0.3 is 0 Å². The summed E-state index contributed by atoms with van der Waals surface area (Å²) in [6.45, 7) is 2.11. The normalized spacial score (nSPS) is 17.4. The Kier molecular flexibility index (Phi) is 4.82. The number of carbonyl (C=O) groups is 1. The molecule has 0 atom stereocenters. The molecule has 1 aliphatic heterocycles. The third-order valence-electron chi connectivity index (χ3n) is 4.70. The second-order valence-corrected chi connectivity index (χ2v) is 7.43. The topological polar surface area (TPSA) is 32.7 Å². The molecule has 4 rings (SSSR count). The van der Waals surface area contributed by atoms with E-state index in [2.05, 4.69) is 31.2 Å². The summed E-state index contributed by atoms with van der Waals surface area (Å²) in [5.41, 5.74) is 3.15. The predicted molar refractivity (Wildman–Crippen MR) is 115 cm³/mol. The summed E-state index contributed by atoms with van der Waals surface area (Å²) < 4.78 is 0. The van der Waals surface area contributed by atoms with Gasteiger partial charge in [-0.1, -0.05) is 67.6 Å². The number of hydrogen-bond acceptors (Lipinski definition) is 3. The summed E-state index contributed by atoms with van der Waals surface area (Å²) in [5, 5.41) is 3.03. The van der Waals surface area contributed by atoms with Gasteiger partial charge in [0.25, 0.3) is 5.91 Å². The molecule has 0 bridgehead atoms. The SMILES string of the molecule is CCc1ccccc1N=C1S/C(=C/c2cccc3ccccc23)C(=O)N1C. The van der Waals surface area contributed by atoms with Crippen LogP contribution in [-0.2, 0) is 11.2 Å². The smallest absolute Gasteiger partial charge is 0.266 e. The number of nitrogens with zero attached hydrogens (tertiary/aromatic N) is 2. The van der Waals surface area contributed by atoms with Gasteiger partial charge in [0.15, 0.2) is 5.17 Å². The number of para-hydroxylation sites is 1. The minimum Gasteiger partial charge on any atom is -0.290 e. The van der Waals surface area contributed by atoms with Crippen LogP contribution in [0.5, 0.6) is 0 Å². The lowest BCUT2D eigenvalue weighted by molar-refractivity contribution is -0.121. The molecule has 0 unspecified atom stereocenters. The van der Waals surface area contributed by atoms with Crippen LogP contribution in [0.15, 0.2) is 76.6 Å². The maximum Gasteiger partial charge on any atom is 0.266 e. The van der Waals surface area contributed by atoms with E-state index in [4.69, 9.17) is 4.99 Å². The quantitative estimate of drug-likeness (QED) is 0.558. The number of aliphatic imine (C=N–C) groups is 1. The summed E-state index contributed by atoms with van der Waals surface area (Å²) >= 11 is 1.43. The van der Waals surface area contributed by atoms with Gasteiger partial charge < -0.3 is 0 Å². The van der Waals surface area contributed by atoms with Crippen molar-refractivity contribution in [1.82, 2.24) is 4.90 Å². The first-order chi connectivity index (χ1) is 13.2. The van der Waals surface area contributed by atoms with Crippen LogP contribution in [0.4, 0.5) is 5.69 Å². The number of thioether (sulfide) groups is 1. The number of rotatable bonds is 3. The molecule has 3 aromatic rings. The first-order valence-electron chi connectivity index (χ1n) is 8.99. The maximum atomic E-state index is 12.8. The molecule has 0 N–H and O–H groups in total. The number of likely N-dealkylation sites (N-methyl/N-ethyl adjacent to an activating group) is 1. The number of aryl methyl sites for hydroxylation is 1. The van der Waals surface area contributed by atoms with Crippen LogP contribution in [0, 0.1) is 0 Å². The number of hydrogen-bond donors (Lipinski definition) is 0. The molecular weight excluding hydrogens is 352 g/mol. The van der Waals surface area contributed by atoms with Crippen molar-refractivity contribution >= 4 is 45.4 Å². The lowest BCUT2D eigenvalue weighted by Crippen LogP contribution is -2.23. The monoisotopic (exact) mass is 372 g/mol. The third-order valence-corrected chi connectivity index (χ3v) is 5.76. The molecule has 27 heavy (non-hydrogen) atoms. The summed E-state index contributed by atoms with van der Waals surface area (Å²) in [6, 6.07) is 22.4. The zero-order valence-corrected chi connectivity index (χ0v) is 16.2. The Morgan fingerprint density at radius 1 is 1.00 bits per heavy atom. The van der Waals surface area contributed by atoms with E-state index in [1.54, 1.807) is 11.9 Å². The first-order valence-corrected chi connectivity index (χ1v) is 9.81. The highest BCUT2D eigenvalue weighted by Gasteiger charge is 2.30. The van der Waals surface area contributed by atoms with Gasteiger partial charge in [-0.05, 0) is 52.2 Å². The highest BCUT2D eigenvalue weighted by Crippen LogP contribution is 2.35. The molecule has 134 valence electrons. The van der Waals surface area contributed by atoms with Crippen molar-refractivity contribution in [2.75, 3.05) is 7.05 Å². The van der Waals surface area contributed by atoms with Crippen LogP contribution in [0.3, 0.4) is 0 Å². The summed E-state index contributed by atoms with van der Waals surface area (Å²) in [5.74, 6) is -0.0133. The summed E-state index contributed by atoms with van der Waals surface area (Å²) in [7, 11) is 1.78.